The van der Waals surface area contributed by atoms with E-state index in [0.29, 0.717) is 11.3 Å². The summed E-state index contributed by atoms with van der Waals surface area (Å²) < 4.78 is 1.50. The van der Waals surface area contributed by atoms with Crippen LogP contribution in [0.4, 0.5) is 5.69 Å². The monoisotopic (exact) mass is 282 g/mol. The molecule has 2 N–H and O–H groups in total. The summed E-state index contributed by atoms with van der Waals surface area (Å²) in [6.07, 6.45) is 1.60. The zero-order valence-electron chi connectivity index (χ0n) is 11.7. The lowest BCUT2D eigenvalue weighted by Crippen LogP contribution is -2.13. The fourth-order valence-electron chi connectivity index (χ4n) is 2.19. The number of pyridine rings is 1. The number of carbonyl (C=O) groups is 1. The number of nitrogens with zero attached hydrogens (tertiary/aromatic N) is 2. The van der Waals surface area contributed by atoms with E-state index in [4.69, 9.17) is 0 Å². The number of aryl methyl sites for hydroxylation is 2. The number of nitrogens with one attached hydrogen (secondary N) is 2. The molecule has 0 aliphatic heterocycles. The summed E-state index contributed by atoms with van der Waals surface area (Å²) in [5, 5.41) is 2.82. The molecule has 0 atom stereocenters. The van der Waals surface area contributed by atoms with Gasteiger partial charge in [0, 0.05) is 30.2 Å². The van der Waals surface area contributed by atoms with Gasteiger partial charge in [-0.1, -0.05) is 0 Å². The summed E-state index contributed by atoms with van der Waals surface area (Å²) in [6, 6.07) is 8.67. The zero-order valence-corrected chi connectivity index (χ0v) is 11.7. The summed E-state index contributed by atoms with van der Waals surface area (Å²) in [6.45, 7) is 1.83. The van der Waals surface area contributed by atoms with Gasteiger partial charge >= 0.3 is 5.69 Å². The van der Waals surface area contributed by atoms with Crippen LogP contribution in [0.2, 0.25) is 0 Å². The molecule has 2 heterocycles. The lowest BCUT2D eigenvalue weighted by molar-refractivity contribution is 0.102. The molecule has 0 saturated carbocycles. The zero-order chi connectivity index (χ0) is 15.0. The molecule has 1 amide bonds. The second-order valence-corrected chi connectivity index (χ2v) is 4.86. The summed E-state index contributed by atoms with van der Waals surface area (Å²) in [5.41, 5.74) is 3.26. The van der Waals surface area contributed by atoms with E-state index < -0.39 is 0 Å². The Kier molecular flexibility index (Phi) is 3.06. The van der Waals surface area contributed by atoms with Gasteiger partial charge in [0.15, 0.2) is 0 Å². The van der Waals surface area contributed by atoms with E-state index in [1.54, 1.807) is 43.6 Å². The number of benzene rings is 1. The van der Waals surface area contributed by atoms with Crippen molar-refractivity contribution in [3.8, 4) is 0 Å². The average Bonchev–Trinajstić information content (AvgIpc) is 2.74. The molecule has 6 heteroatoms. The largest absolute Gasteiger partial charge is 0.326 e. The topological polar surface area (TPSA) is 79.8 Å². The molecule has 106 valence electrons. The van der Waals surface area contributed by atoms with E-state index in [-0.39, 0.29) is 11.6 Å². The first-order valence-electron chi connectivity index (χ1n) is 6.47. The second kappa shape index (κ2) is 4.90. The van der Waals surface area contributed by atoms with Crippen molar-refractivity contribution < 1.29 is 4.79 Å². The maximum absolute atomic E-state index is 12.2. The SMILES string of the molecule is Cc1cc(C(=O)Nc2ccc3[nH]c(=O)n(C)c3c2)ccn1. The van der Waals surface area contributed by atoms with Crippen LogP contribution < -0.4 is 11.0 Å². The fourth-order valence-corrected chi connectivity index (χ4v) is 2.19. The van der Waals surface area contributed by atoms with Crippen molar-refractivity contribution in [2.45, 2.75) is 6.92 Å². The van der Waals surface area contributed by atoms with Crippen LogP contribution in [0.3, 0.4) is 0 Å². The van der Waals surface area contributed by atoms with E-state index in [1.165, 1.54) is 4.57 Å². The van der Waals surface area contributed by atoms with Gasteiger partial charge in [0.05, 0.1) is 11.0 Å². The molecule has 1 aromatic carbocycles. The molecule has 2 aromatic heterocycles. The fraction of sp³-hybridized carbons (Fsp3) is 0.133. The first kappa shape index (κ1) is 13.1. The Hall–Kier alpha value is -2.89. The third-order valence-corrected chi connectivity index (χ3v) is 3.32. The normalized spacial score (nSPS) is 10.8. The van der Waals surface area contributed by atoms with Crippen LogP contribution in [0.15, 0.2) is 41.3 Å². The summed E-state index contributed by atoms with van der Waals surface area (Å²) >= 11 is 0. The van der Waals surface area contributed by atoms with Crippen molar-refractivity contribution in [1.82, 2.24) is 14.5 Å². The van der Waals surface area contributed by atoms with Crippen LogP contribution in [-0.4, -0.2) is 20.4 Å². The highest BCUT2D eigenvalue weighted by Gasteiger charge is 2.08. The first-order valence-corrected chi connectivity index (χ1v) is 6.47. The standard InChI is InChI=1S/C15H14N4O2/c1-9-7-10(5-6-16-9)14(20)17-11-3-4-12-13(8-11)19(2)15(21)18-12/h3-8H,1-2H3,(H,17,20)(H,18,21). The summed E-state index contributed by atoms with van der Waals surface area (Å²) in [5.74, 6) is -0.208. The van der Waals surface area contributed by atoms with Crippen molar-refractivity contribution >= 4 is 22.6 Å². The average molecular weight is 282 g/mol. The summed E-state index contributed by atoms with van der Waals surface area (Å²) in [4.78, 5) is 30.5. The van der Waals surface area contributed by atoms with E-state index in [2.05, 4.69) is 15.3 Å². The number of aromatic nitrogens is 3. The molecule has 0 aliphatic carbocycles. The van der Waals surface area contributed by atoms with Crippen LogP contribution in [-0.2, 0) is 7.05 Å². The minimum absolute atomic E-state index is 0.182. The number of H-pyrrole nitrogens is 1. The molecule has 0 aliphatic rings. The number of anilines is 1. The van der Waals surface area contributed by atoms with Crippen molar-refractivity contribution in [2.24, 2.45) is 7.05 Å². The minimum Gasteiger partial charge on any atom is -0.322 e. The van der Waals surface area contributed by atoms with Crippen LogP contribution in [0, 0.1) is 6.92 Å². The Bertz CT molecular complexity index is 892. The molecule has 21 heavy (non-hydrogen) atoms. The molecule has 3 aromatic rings. The predicted octanol–water partition coefficient (Wildman–Crippen LogP) is 1.82. The van der Waals surface area contributed by atoms with E-state index >= 15 is 0 Å². The van der Waals surface area contributed by atoms with Gasteiger partial charge in [-0.05, 0) is 37.3 Å². The number of hydrogen-bond donors (Lipinski definition) is 2. The molecule has 0 spiro atoms. The van der Waals surface area contributed by atoms with Gasteiger partial charge in [0.1, 0.15) is 0 Å². The third-order valence-electron chi connectivity index (χ3n) is 3.32. The third kappa shape index (κ3) is 2.43. The van der Waals surface area contributed by atoms with Gasteiger partial charge < -0.3 is 10.3 Å². The molecule has 0 bridgehead atoms. The highest BCUT2D eigenvalue weighted by Crippen LogP contribution is 2.17. The highest BCUT2D eigenvalue weighted by atomic mass is 16.2. The molecule has 3 rings (SSSR count). The number of amides is 1. The van der Waals surface area contributed by atoms with Crippen molar-refractivity contribution in [1.29, 1.82) is 0 Å². The van der Waals surface area contributed by atoms with Crippen LogP contribution in [0.1, 0.15) is 16.1 Å². The van der Waals surface area contributed by atoms with Crippen LogP contribution in [0.5, 0.6) is 0 Å². The van der Waals surface area contributed by atoms with Crippen molar-refractivity contribution in [3.05, 3.63) is 58.3 Å². The van der Waals surface area contributed by atoms with E-state index in [1.807, 2.05) is 6.92 Å². The van der Waals surface area contributed by atoms with Gasteiger partial charge in [-0.15, -0.1) is 0 Å². The summed E-state index contributed by atoms with van der Waals surface area (Å²) in [7, 11) is 1.68. The lowest BCUT2D eigenvalue weighted by Gasteiger charge is -2.06. The molecule has 0 radical (unpaired) electrons. The Morgan fingerprint density at radius 1 is 1.29 bits per heavy atom. The second-order valence-electron chi connectivity index (χ2n) is 4.86. The Morgan fingerprint density at radius 2 is 2.10 bits per heavy atom. The number of carbonyl (C=O) groups excluding carboxylic acids is 1. The first-order chi connectivity index (χ1) is 10.0. The minimum atomic E-state index is -0.208. The molecular formula is C15H14N4O2. The quantitative estimate of drug-likeness (QED) is 0.752. The van der Waals surface area contributed by atoms with E-state index in [9.17, 15) is 9.59 Å². The van der Waals surface area contributed by atoms with Gasteiger partial charge in [-0.25, -0.2) is 4.79 Å². The molecule has 0 saturated heterocycles. The highest BCUT2D eigenvalue weighted by molar-refractivity contribution is 6.04. The number of imidazole rings is 1. The van der Waals surface area contributed by atoms with Gasteiger partial charge in [0.2, 0.25) is 0 Å². The van der Waals surface area contributed by atoms with Crippen LogP contribution >= 0.6 is 0 Å². The number of rotatable bonds is 2. The Balaban J connectivity index is 1.93. The van der Waals surface area contributed by atoms with Gasteiger partial charge in [0.25, 0.3) is 5.91 Å². The molecule has 0 fully saturated rings. The Morgan fingerprint density at radius 3 is 2.86 bits per heavy atom. The maximum Gasteiger partial charge on any atom is 0.326 e. The van der Waals surface area contributed by atoms with Gasteiger partial charge in [-0.2, -0.15) is 0 Å². The lowest BCUT2D eigenvalue weighted by atomic mass is 10.2. The number of hydrogen-bond acceptors (Lipinski definition) is 3. The molecular weight excluding hydrogens is 268 g/mol. The van der Waals surface area contributed by atoms with Crippen molar-refractivity contribution in [3.63, 3.8) is 0 Å². The Labute approximate surface area is 120 Å². The number of fused-ring (bicyclic) bond motifs is 1. The number of aromatic amines is 1. The van der Waals surface area contributed by atoms with Gasteiger partial charge in [-0.3, -0.25) is 14.3 Å². The molecule has 0 unspecified atom stereocenters. The molecule has 6 nitrogen and oxygen atoms in total. The predicted molar refractivity (Wildman–Crippen MR) is 80.5 cm³/mol. The van der Waals surface area contributed by atoms with Crippen molar-refractivity contribution in [2.75, 3.05) is 5.32 Å². The van der Waals surface area contributed by atoms with E-state index in [0.717, 1.165) is 16.7 Å². The maximum atomic E-state index is 12.2. The smallest absolute Gasteiger partial charge is 0.322 e. The van der Waals surface area contributed by atoms with Crippen LogP contribution in [0.25, 0.3) is 11.0 Å².